The van der Waals surface area contributed by atoms with Gasteiger partial charge in [0.05, 0.1) is 4.91 Å². The van der Waals surface area contributed by atoms with Crippen molar-refractivity contribution in [2.75, 3.05) is 5.32 Å². The first-order chi connectivity index (χ1) is 16.4. The lowest BCUT2D eigenvalue weighted by molar-refractivity contribution is -0.116. The fraction of sp³-hybridized carbons (Fsp3) is 0.179. The highest BCUT2D eigenvalue weighted by Gasteiger charge is 2.28. The molecule has 0 spiro atoms. The summed E-state index contributed by atoms with van der Waals surface area (Å²) in [6.45, 7) is 7.05. The zero-order valence-electron chi connectivity index (χ0n) is 19.4. The Kier molecular flexibility index (Phi) is 6.15. The Morgan fingerprint density at radius 1 is 1.06 bits per heavy atom. The molecule has 2 N–H and O–H groups in total. The number of aromatic nitrogens is 1. The van der Waals surface area contributed by atoms with Crippen molar-refractivity contribution < 1.29 is 4.79 Å². The SMILES string of the molecule is Cc1cccc(Cn2c(C)c(/C=C3\SC(Nc4cc(Cl)ccc4C)NC3=O)c3ccccc32)c1. The molecule has 4 nitrogen and oxygen atoms in total. The van der Waals surface area contributed by atoms with Gasteiger partial charge in [-0.1, -0.05) is 77.5 Å². The van der Waals surface area contributed by atoms with Gasteiger partial charge < -0.3 is 15.2 Å². The number of nitrogens with one attached hydrogen (secondary N) is 2. The fourth-order valence-electron chi connectivity index (χ4n) is 4.42. The molecule has 0 saturated carbocycles. The third kappa shape index (κ3) is 4.46. The summed E-state index contributed by atoms with van der Waals surface area (Å²) in [6, 6.07) is 22.7. The van der Waals surface area contributed by atoms with E-state index in [1.54, 1.807) is 0 Å². The van der Waals surface area contributed by atoms with Crippen LogP contribution in [0.3, 0.4) is 0 Å². The Bertz CT molecular complexity index is 1440. The quantitative estimate of drug-likeness (QED) is 0.302. The maximum atomic E-state index is 12.8. The largest absolute Gasteiger partial charge is 0.356 e. The molecule has 1 saturated heterocycles. The molecule has 34 heavy (non-hydrogen) atoms. The van der Waals surface area contributed by atoms with E-state index in [-0.39, 0.29) is 11.4 Å². The monoisotopic (exact) mass is 487 g/mol. The third-order valence-electron chi connectivity index (χ3n) is 6.20. The van der Waals surface area contributed by atoms with Crippen LogP contribution in [0.1, 0.15) is 27.9 Å². The van der Waals surface area contributed by atoms with Crippen LogP contribution in [0.15, 0.2) is 71.6 Å². The molecule has 0 radical (unpaired) electrons. The normalized spacial score (nSPS) is 16.9. The Morgan fingerprint density at radius 3 is 2.71 bits per heavy atom. The molecule has 0 bridgehead atoms. The molecular formula is C28H26ClN3OS. The summed E-state index contributed by atoms with van der Waals surface area (Å²) in [5.41, 5.74) is 7.65. The topological polar surface area (TPSA) is 46.1 Å². The number of amides is 1. The van der Waals surface area contributed by atoms with Crippen molar-refractivity contribution in [3.8, 4) is 0 Å². The minimum absolute atomic E-state index is 0.0721. The van der Waals surface area contributed by atoms with Crippen molar-refractivity contribution >= 4 is 51.9 Å². The molecule has 6 heteroatoms. The maximum Gasteiger partial charge on any atom is 0.260 e. The Balaban J connectivity index is 1.47. The van der Waals surface area contributed by atoms with Crippen molar-refractivity contribution in [3.05, 3.63) is 105 Å². The van der Waals surface area contributed by atoms with E-state index in [1.807, 2.05) is 31.2 Å². The first kappa shape index (κ1) is 22.6. The summed E-state index contributed by atoms with van der Waals surface area (Å²) in [7, 11) is 0. The zero-order chi connectivity index (χ0) is 23.8. The predicted octanol–water partition coefficient (Wildman–Crippen LogP) is 6.87. The highest BCUT2D eigenvalue weighted by Crippen LogP contribution is 2.35. The molecule has 172 valence electrons. The average Bonchev–Trinajstić information content (AvgIpc) is 3.28. The Hall–Kier alpha value is -3.15. The second kappa shape index (κ2) is 9.24. The number of thioether (sulfide) groups is 1. The number of fused-ring (bicyclic) bond motifs is 1. The van der Waals surface area contributed by atoms with E-state index >= 15 is 0 Å². The van der Waals surface area contributed by atoms with Crippen LogP contribution in [0, 0.1) is 20.8 Å². The van der Waals surface area contributed by atoms with Crippen LogP contribution in [-0.2, 0) is 11.3 Å². The van der Waals surface area contributed by atoms with E-state index in [2.05, 4.69) is 77.6 Å². The number of rotatable bonds is 5. The molecule has 1 unspecified atom stereocenters. The number of hydrogen-bond acceptors (Lipinski definition) is 3. The van der Waals surface area contributed by atoms with E-state index < -0.39 is 0 Å². The molecule has 1 aliphatic heterocycles. The van der Waals surface area contributed by atoms with Gasteiger partial charge in [-0.3, -0.25) is 4.79 Å². The van der Waals surface area contributed by atoms with E-state index in [0.717, 1.165) is 34.4 Å². The fourth-order valence-corrected chi connectivity index (χ4v) is 5.55. The second-order valence-electron chi connectivity index (χ2n) is 8.67. The molecule has 1 fully saturated rings. The summed E-state index contributed by atoms with van der Waals surface area (Å²) < 4.78 is 2.33. The summed E-state index contributed by atoms with van der Waals surface area (Å²) in [5, 5.41) is 8.24. The van der Waals surface area contributed by atoms with Gasteiger partial charge in [0.1, 0.15) is 0 Å². The van der Waals surface area contributed by atoms with Crippen molar-refractivity contribution in [1.29, 1.82) is 0 Å². The summed E-state index contributed by atoms with van der Waals surface area (Å²) in [4.78, 5) is 13.5. The number of para-hydroxylation sites is 1. The first-order valence-electron chi connectivity index (χ1n) is 11.2. The lowest BCUT2D eigenvalue weighted by Gasteiger charge is -2.15. The van der Waals surface area contributed by atoms with Gasteiger partial charge in [0, 0.05) is 39.4 Å². The molecule has 3 aromatic carbocycles. The van der Waals surface area contributed by atoms with E-state index in [4.69, 9.17) is 11.6 Å². The van der Waals surface area contributed by atoms with Crippen molar-refractivity contribution in [2.24, 2.45) is 0 Å². The van der Waals surface area contributed by atoms with Crippen LogP contribution in [0.4, 0.5) is 5.69 Å². The predicted molar refractivity (Wildman–Crippen MR) is 144 cm³/mol. The number of hydrogen-bond donors (Lipinski definition) is 2. The van der Waals surface area contributed by atoms with Crippen molar-refractivity contribution in [1.82, 2.24) is 9.88 Å². The molecule has 1 amide bonds. The molecule has 1 aliphatic rings. The third-order valence-corrected chi connectivity index (χ3v) is 7.46. The van der Waals surface area contributed by atoms with Crippen LogP contribution in [0.25, 0.3) is 17.0 Å². The van der Waals surface area contributed by atoms with Crippen LogP contribution < -0.4 is 10.6 Å². The minimum Gasteiger partial charge on any atom is -0.356 e. The number of benzene rings is 3. The van der Waals surface area contributed by atoms with Gasteiger partial charge in [0.15, 0.2) is 5.50 Å². The van der Waals surface area contributed by atoms with Gasteiger partial charge in [0.25, 0.3) is 5.91 Å². The number of aryl methyl sites for hydroxylation is 2. The molecule has 0 aliphatic carbocycles. The number of anilines is 1. The Labute approximate surface area is 209 Å². The summed E-state index contributed by atoms with van der Waals surface area (Å²) >= 11 is 7.65. The number of carbonyl (C=O) groups is 1. The van der Waals surface area contributed by atoms with Gasteiger partial charge in [0.2, 0.25) is 0 Å². The summed E-state index contributed by atoms with van der Waals surface area (Å²) in [6.07, 6.45) is 2.02. The highest BCUT2D eigenvalue weighted by atomic mass is 35.5. The molecule has 1 aromatic heterocycles. The molecule has 2 heterocycles. The van der Waals surface area contributed by atoms with Gasteiger partial charge in [-0.25, -0.2) is 0 Å². The summed E-state index contributed by atoms with van der Waals surface area (Å²) in [5.74, 6) is -0.0721. The molecule has 4 aromatic rings. The van der Waals surface area contributed by atoms with Crippen molar-refractivity contribution in [3.63, 3.8) is 0 Å². The lowest BCUT2D eigenvalue weighted by Crippen LogP contribution is -2.31. The molecule has 5 rings (SSSR count). The second-order valence-corrected chi connectivity index (χ2v) is 10.3. The average molecular weight is 488 g/mol. The van der Waals surface area contributed by atoms with Crippen molar-refractivity contribution in [2.45, 2.75) is 32.8 Å². The van der Waals surface area contributed by atoms with Crippen LogP contribution in [0.2, 0.25) is 5.02 Å². The molecule has 1 atom stereocenters. The van der Waals surface area contributed by atoms with Crippen LogP contribution >= 0.6 is 23.4 Å². The lowest BCUT2D eigenvalue weighted by atomic mass is 10.1. The minimum atomic E-state index is -0.253. The standard InChI is InChI=1S/C28H26ClN3OS/c1-17-7-6-8-20(13-17)16-32-19(3)23(22-9-4-5-10-25(22)32)15-26-27(33)31-28(34-26)30-24-14-21(29)12-11-18(24)2/h4-15,28,30H,16H2,1-3H3,(H,31,33)/b26-15-. The van der Waals surface area contributed by atoms with Gasteiger partial charge >= 0.3 is 0 Å². The Morgan fingerprint density at radius 2 is 1.88 bits per heavy atom. The smallest absolute Gasteiger partial charge is 0.260 e. The van der Waals surface area contributed by atoms with Crippen LogP contribution in [0.5, 0.6) is 0 Å². The zero-order valence-corrected chi connectivity index (χ0v) is 20.9. The van der Waals surface area contributed by atoms with Gasteiger partial charge in [-0.15, -0.1) is 0 Å². The van der Waals surface area contributed by atoms with Crippen LogP contribution in [-0.4, -0.2) is 16.0 Å². The number of halogens is 1. The number of nitrogens with zero attached hydrogens (tertiary/aromatic N) is 1. The van der Waals surface area contributed by atoms with Gasteiger partial charge in [-0.05, 0) is 56.2 Å². The highest BCUT2D eigenvalue weighted by molar-refractivity contribution is 8.05. The van der Waals surface area contributed by atoms with E-state index in [9.17, 15) is 4.79 Å². The molecular weight excluding hydrogens is 462 g/mol. The maximum absolute atomic E-state index is 12.8. The van der Waals surface area contributed by atoms with Gasteiger partial charge in [-0.2, -0.15) is 0 Å². The number of carbonyl (C=O) groups excluding carboxylic acids is 1. The van der Waals surface area contributed by atoms with E-state index in [1.165, 1.54) is 28.4 Å². The first-order valence-corrected chi connectivity index (χ1v) is 12.5. The van der Waals surface area contributed by atoms with E-state index in [0.29, 0.717) is 9.93 Å².